The van der Waals surface area contributed by atoms with Crippen LogP contribution in [0.25, 0.3) is 5.69 Å². The summed E-state index contributed by atoms with van der Waals surface area (Å²) in [6.45, 7) is 3.18. The van der Waals surface area contributed by atoms with Gasteiger partial charge in [0.1, 0.15) is 0 Å². The van der Waals surface area contributed by atoms with Gasteiger partial charge in [-0.1, -0.05) is 12.1 Å². The van der Waals surface area contributed by atoms with Crippen LogP contribution in [0.2, 0.25) is 0 Å². The lowest BCUT2D eigenvalue weighted by Gasteiger charge is -2.30. The third kappa shape index (κ3) is 3.03. The van der Waals surface area contributed by atoms with Crippen molar-refractivity contribution in [3.8, 4) is 5.69 Å². The molecule has 0 spiro atoms. The average Bonchev–Trinajstić information content (AvgIpc) is 2.94. The fraction of sp³-hybridized carbons (Fsp3) is 0.400. The van der Waals surface area contributed by atoms with Crippen LogP contribution in [0.15, 0.2) is 43.0 Å². The highest BCUT2D eigenvalue weighted by Crippen LogP contribution is 2.14. The molecule has 0 aliphatic carbocycles. The maximum atomic E-state index is 6.02. The van der Waals surface area contributed by atoms with E-state index in [1.54, 1.807) is 6.20 Å². The Hall–Kier alpha value is -1.65. The molecule has 1 atom stereocenters. The predicted molar refractivity (Wildman–Crippen MR) is 76.1 cm³/mol. The Balaban J connectivity index is 1.66. The molecule has 2 heterocycles. The summed E-state index contributed by atoms with van der Waals surface area (Å²) < 4.78 is 2.01. The molecule has 1 aliphatic heterocycles. The first kappa shape index (κ1) is 12.4. The van der Waals surface area contributed by atoms with Gasteiger partial charge in [0.05, 0.1) is 6.33 Å². The molecular formula is C15H20N4. The third-order valence-corrected chi connectivity index (χ3v) is 3.69. The van der Waals surface area contributed by atoms with E-state index in [1.165, 1.54) is 12.0 Å². The van der Waals surface area contributed by atoms with Gasteiger partial charge in [0.25, 0.3) is 0 Å². The van der Waals surface area contributed by atoms with Crippen molar-refractivity contribution in [1.82, 2.24) is 14.5 Å². The molecule has 1 aliphatic rings. The zero-order valence-electron chi connectivity index (χ0n) is 11.1. The molecule has 0 amide bonds. The monoisotopic (exact) mass is 256 g/mol. The van der Waals surface area contributed by atoms with Crippen molar-refractivity contribution in [3.05, 3.63) is 48.5 Å². The van der Waals surface area contributed by atoms with Crippen molar-refractivity contribution in [2.45, 2.75) is 25.4 Å². The largest absolute Gasteiger partial charge is 0.327 e. The number of hydrogen-bond acceptors (Lipinski definition) is 3. The Morgan fingerprint density at radius 1 is 1.26 bits per heavy atom. The van der Waals surface area contributed by atoms with E-state index in [1.807, 2.05) is 17.1 Å². The van der Waals surface area contributed by atoms with E-state index < -0.39 is 0 Å². The van der Waals surface area contributed by atoms with Gasteiger partial charge in [0, 0.05) is 37.2 Å². The summed E-state index contributed by atoms with van der Waals surface area (Å²) in [6.07, 6.45) is 7.95. The lowest BCUT2D eigenvalue weighted by Crippen LogP contribution is -2.42. The van der Waals surface area contributed by atoms with Crippen molar-refractivity contribution in [3.63, 3.8) is 0 Å². The number of nitrogens with two attached hydrogens (primary N) is 1. The Morgan fingerprint density at radius 3 is 2.79 bits per heavy atom. The van der Waals surface area contributed by atoms with Crippen molar-refractivity contribution in [1.29, 1.82) is 0 Å². The molecular weight excluding hydrogens is 236 g/mol. The molecule has 1 unspecified atom stereocenters. The summed E-state index contributed by atoms with van der Waals surface area (Å²) in [7, 11) is 0. The zero-order chi connectivity index (χ0) is 13.1. The number of aromatic nitrogens is 2. The Bertz CT molecular complexity index is 503. The van der Waals surface area contributed by atoms with Crippen LogP contribution in [0.3, 0.4) is 0 Å². The van der Waals surface area contributed by atoms with Crippen molar-refractivity contribution in [2.24, 2.45) is 5.73 Å². The van der Waals surface area contributed by atoms with Gasteiger partial charge in [-0.25, -0.2) is 4.98 Å². The van der Waals surface area contributed by atoms with E-state index >= 15 is 0 Å². The molecule has 0 radical (unpaired) electrons. The van der Waals surface area contributed by atoms with Gasteiger partial charge in [0.2, 0.25) is 0 Å². The second-order valence-electron chi connectivity index (χ2n) is 5.27. The predicted octanol–water partition coefficient (Wildman–Crippen LogP) is 1.80. The van der Waals surface area contributed by atoms with Crippen LogP contribution >= 0.6 is 0 Å². The SMILES string of the molecule is NC1CCCN(Cc2ccc(-n3ccnc3)cc2)C1. The number of hydrogen-bond donors (Lipinski definition) is 1. The Labute approximate surface area is 113 Å². The van der Waals surface area contributed by atoms with Crippen LogP contribution in [-0.2, 0) is 6.54 Å². The van der Waals surface area contributed by atoms with Gasteiger partial charge in [-0.05, 0) is 37.1 Å². The highest BCUT2D eigenvalue weighted by Gasteiger charge is 2.16. The minimum absolute atomic E-state index is 0.346. The first-order valence-electron chi connectivity index (χ1n) is 6.86. The average molecular weight is 256 g/mol. The van der Waals surface area contributed by atoms with Crippen LogP contribution in [0.1, 0.15) is 18.4 Å². The number of piperidine rings is 1. The summed E-state index contributed by atoms with van der Waals surface area (Å²) in [6, 6.07) is 9.01. The fourth-order valence-electron chi connectivity index (χ4n) is 2.68. The van der Waals surface area contributed by atoms with Crippen molar-refractivity contribution < 1.29 is 0 Å². The second kappa shape index (κ2) is 5.55. The molecule has 1 fully saturated rings. The molecule has 4 heteroatoms. The first-order valence-corrected chi connectivity index (χ1v) is 6.86. The molecule has 2 aromatic rings. The molecule has 1 aromatic carbocycles. The summed E-state index contributed by atoms with van der Waals surface area (Å²) in [5, 5.41) is 0. The van der Waals surface area contributed by atoms with Gasteiger partial charge >= 0.3 is 0 Å². The van der Waals surface area contributed by atoms with Crippen LogP contribution in [0, 0.1) is 0 Å². The molecule has 3 rings (SSSR count). The number of likely N-dealkylation sites (tertiary alicyclic amines) is 1. The molecule has 4 nitrogen and oxygen atoms in total. The molecule has 0 saturated carbocycles. The minimum Gasteiger partial charge on any atom is -0.327 e. The highest BCUT2D eigenvalue weighted by atomic mass is 15.1. The van der Waals surface area contributed by atoms with E-state index in [0.717, 1.165) is 31.7 Å². The first-order chi connectivity index (χ1) is 9.31. The minimum atomic E-state index is 0.346. The van der Waals surface area contributed by atoms with E-state index in [-0.39, 0.29) is 0 Å². The summed E-state index contributed by atoms with van der Waals surface area (Å²) >= 11 is 0. The highest BCUT2D eigenvalue weighted by molar-refractivity contribution is 5.34. The smallest absolute Gasteiger partial charge is 0.0991 e. The van der Waals surface area contributed by atoms with Gasteiger partial charge in [-0.3, -0.25) is 4.90 Å². The topological polar surface area (TPSA) is 47.1 Å². The molecule has 19 heavy (non-hydrogen) atoms. The Kier molecular flexibility index (Phi) is 3.62. The Morgan fingerprint density at radius 2 is 2.11 bits per heavy atom. The van der Waals surface area contributed by atoms with Crippen molar-refractivity contribution >= 4 is 0 Å². The number of rotatable bonds is 3. The molecule has 1 aromatic heterocycles. The lowest BCUT2D eigenvalue weighted by molar-refractivity contribution is 0.201. The second-order valence-corrected chi connectivity index (χ2v) is 5.27. The van der Waals surface area contributed by atoms with E-state index in [0.29, 0.717) is 6.04 Å². The standard InChI is InChI=1S/C15H20N4/c16-14-2-1-8-18(11-14)10-13-3-5-15(6-4-13)19-9-7-17-12-19/h3-7,9,12,14H,1-2,8,10-11,16H2. The lowest BCUT2D eigenvalue weighted by atomic mass is 10.1. The number of benzene rings is 1. The maximum absolute atomic E-state index is 6.02. The summed E-state index contributed by atoms with van der Waals surface area (Å²) in [5.74, 6) is 0. The van der Waals surface area contributed by atoms with Crippen LogP contribution < -0.4 is 5.73 Å². The third-order valence-electron chi connectivity index (χ3n) is 3.69. The van der Waals surface area contributed by atoms with E-state index in [4.69, 9.17) is 5.73 Å². The van der Waals surface area contributed by atoms with Crippen LogP contribution in [0.5, 0.6) is 0 Å². The van der Waals surface area contributed by atoms with E-state index in [2.05, 4.69) is 34.1 Å². The van der Waals surface area contributed by atoms with Gasteiger partial charge in [-0.15, -0.1) is 0 Å². The quantitative estimate of drug-likeness (QED) is 0.911. The molecule has 2 N–H and O–H groups in total. The van der Waals surface area contributed by atoms with Crippen LogP contribution in [0.4, 0.5) is 0 Å². The summed E-state index contributed by atoms with van der Waals surface area (Å²) in [5.41, 5.74) is 8.51. The zero-order valence-corrected chi connectivity index (χ0v) is 11.1. The molecule has 0 bridgehead atoms. The molecule has 100 valence electrons. The summed E-state index contributed by atoms with van der Waals surface area (Å²) in [4.78, 5) is 6.51. The maximum Gasteiger partial charge on any atom is 0.0991 e. The van der Waals surface area contributed by atoms with Crippen molar-refractivity contribution in [2.75, 3.05) is 13.1 Å². The number of nitrogens with zero attached hydrogens (tertiary/aromatic N) is 3. The van der Waals surface area contributed by atoms with E-state index in [9.17, 15) is 0 Å². The van der Waals surface area contributed by atoms with Gasteiger partial charge < -0.3 is 10.3 Å². The fourth-order valence-corrected chi connectivity index (χ4v) is 2.68. The normalized spacial score (nSPS) is 20.6. The number of imidazole rings is 1. The van der Waals surface area contributed by atoms with Crippen LogP contribution in [-0.4, -0.2) is 33.6 Å². The molecule has 1 saturated heterocycles. The van der Waals surface area contributed by atoms with Gasteiger partial charge in [-0.2, -0.15) is 0 Å². The van der Waals surface area contributed by atoms with Gasteiger partial charge in [0.15, 0.2) is 0 Å².